The number of carboxylic acid groups (broad SMARTS) is 1. The molecule has 0 aliphatic rings. The largest absolute Gasteiger partial charge is 0.506 e. The Labute approximate surface area is 83.9 Å². The molecule has 6 heteroatoms. The van der Waals surface area contributed by atoms with Crippen LogP contribution >= 0.6 is 11.6 Å². The lowest BCUT2D eigenvalue weighted by Gasteiger charge is -2.03. The van der Waals surface area contributed by atoms with Crippen molar-refractivity contribution in [1.29, 1.82) is 0 Å². The van der Waals surface area contributed by atoms with Gasteiger partial charge in [0.05, 0.1) is 6.21 Å². The van der Waals surface area contributed by atoms with Gasteiger partial charge in [-0.3, -0.25) is 0 Å². The van der Waals surface area contributed by atoms with Gasteiger partial charge in [-0.2, -0.15) is 0 Å². The first kappa shape index (κ1) is 10.3. The summed E-state index contributed by atoms with van der Waals surface area (Å²) < 4.78 is 0. The van der Waals surface area contributed by atoms with Crippen LogP contribution in [0.2, 0.25) is 5.02 Å². The van der Waals surface area contributed by atoms with Crippen LogP contribution in [0.1, 0.15) is 15.9 Å². The van der Waals surface area contributed by atoms with E-state index in [4.69, 9.17) is 21.9 Å². The van der Waals surface area contributed by atoms with Gasteiger partial charge >= 0.3 is 5.97 Å². The van der Waals surface area contributed by atoms with E-state index < -0.39 is 11.7 Å². The van der Waals surface area contributed by atoms with E-state index in [-0.39, 0.29) is 16.1 Å². The number of phenols is 1. The van der Waals surface area contributed by atoms with Gasteiger partial charge in [0.25, 0.3) is 0 Å². The third-order valence-corrected chi connectivity index (χ3v) is 1.75. The fourth-order valence-electron chi connectivity index (χ4n) is 0.944. The zero-order valence-electron chi connectivity index (χ0n) is 6.81. The summed E-state index contributed by atoms with van der Waals surface area (Å²) in [5.41, 5.74) is -0.301. The maximum atomic E-state index is 10.6. The Morgan fingerprint density at radius 1 is 1.50 bits per heavy atom. The average Bonchev–Trinajstić information content (AvgIpc) is 2.10. The Morgan fingerprint density at radius 3 is 2.64 bits per heavy atom. The Kier molecular flexibility index (Phi) is 2.93. The zero-order valence-corrected chi connectivity index (χ0v) is 7.56. The highest BCUT2D eigenvalue weighted by atomic mass is 35.5. The number of benzene rings is 1. The number of halogens is 1. The van der Waals surface area contributed by atoms with Gasteiger partial charge in [-0.1, -0.05) is 16.8 Å². The molecule has 5 nitrogen and oxygen atoms in total. The van der Waals surface area contributed by atoms with Crippen molar-refractivity contribution >= 4 is 23.8 Å². The van der Waals surface area contributed by atoms with Crippen molar-refractivity contribution < 1.29 is 20.2 Å². The fraction of sp³-hybridized carbons (Fsp3) is 0. The number of carboxylic acids is 1. The molecular weight excluding hydrogens is 210 g/mol. The standard InChI is InChI=1S/C8H6ClNO4/c9-5-1-4(3-10-14)7(11)6(2-5)8(12)13/h1-3,11,14H,(H,12,13)/b10-3+. The second kappa shape index (κ2) is 3.97. The lowest BCUT2D eigenvalue weighted by Crippen LogP contribution is -1.99. The summed E-state index contributed by atoms with van der Waals surface area (Å²) in [6.07, 6.45) is 0.896. The summed E-state index contributed by atoms with van der Waals surface area (Å²) in [6, 6.07) is 2.39. The molecule has 14 heavy (non-hydrogen) atoms. The molecule has 0 saturated carbocycles. The first-order valence-corrected chi connectivity index (χ1v) is 3.87. The van der Waals surface area contributed by atoms with Crippen LogP contribution in [0.5, 0.6) is 5.75 Å². The fourth-order valence-corrected chi connectivity index (χ4v) is 1.17. The molecule has 0 bridgehead atoms. The van der Waals surface area contributed by atoms with Gasteiger partial charge in [0, 0.05) is 10.6 Å². The van der Waals surface area contributed by atoms with Gasteiger partial charge in [-0.05, 0) is 12.1 Å². The maximum absolute atomic E-state index is 10.6. The zero-order chi connectivity index (χ0) is 10.7. The molecule has 0 radical (unpaired) electrons. The van der Waals surface area contributed by atoms with Crippen LogP contribution in [0.3, 0.4) is 0 Å². The molecule has 1 aromatic carbocycles. The predicted molar refractivity (Wildman–Crippen MR) is 49.5 cm³/mol. The van der Waals surface area contributed by atoms with Crippen LogP contribution in [0, 0.1) is 0 Å². The summed E-state index contributed by atoms with van der Waals surface area (Å²) >= 11 is 5.58. The summed E-state index contributed by atoms with van der Waals surface area (Å²) in [5, 5.41) is 29.1. The van der Waals surface area contributed by atoms with E-state index in [0.717, 1.165) is 12.3 Å². The van der Waals surface area contributed by atoms with Crippen LogP contribution in [-0.2, 0) is 0 Å². The minimum absolute atomic E-state index is 0.0393. The van der Waals surface area contributed by atoms with Crippen molar-refractivity contribution in [3.05, 3.63) is 28.3 Å². The van der Waals surface area contributed by atoms with E-state index in [2.05, 4.69) is 5.16 Å². The lowest BCUT2D eigenvalue weighted by atomic mass is 10.1. The predicted octanol–water partition coefficient (Wildman–Crippen LogP) is 1.55. The van der Waals surface area contributed by atoms with Gasteiger partial charge in [0.15, 0.2) is 0 Å². The van der Waals surface area contributed by atoms with E-state index in [0.29, 0.717) is 0 Å². The molecule has 0 heterocycles. The van der Waals surface area contributed by atoms with Gasteiger partial charge < -0.3 is 15.4 Å². The Balaban J connectivity index is 3.39. The maximum Gasteiger partial charge on any atom is 0.339 e. The third kappa shape index (κ3) is 1.94. The summed E-state index contributed by atoms with van der Waals surface area (Å²) in [6.45, 7) is 0. The van der Waals surface area contributed by atoms with Crippen LogP contribution in [0.4, 0.5) is 0 Å². The smallest absolute Gasteiger partial charge is 0.339 e. The Hall–Kier alpha value is -1.75. The van der Waals surface area contributed by atoms with Gasteiger partial charge in [-0.15, -0.1) is 0 Å². The molecule has 0 unspecified atom stereocenters. The average molecular weight is 216 g/mol. The molecule has 0 amide bonds. The number of aromatic hydroxyl groups is 1. The number of carbonyl (C=O) groups is 1. The number of aromatic carboxylic acids is 1. The monoisotopic (exact) mass is 215 g/mol. The normalized spacial score (nSPS) is 10.6. The van der Waals surface area contributed by atoms with Crippen LogP contribution < -0.4 is 0 Å². The van der Waals surface area contributed by atoms with E-state index >= 15 is 0 Å². The van der Waals surface area contributed by atoms with Crippen LogP contribution in [0.15, 0.2) is 17.3 Å². The minimum Gasteiger partial charge on any atom is -0.506 e. The number of hydrogen-bond acceptors (Lipinski definition) is 4. The highest BCUT2D eigenvalue weighted by molar-refractivity contribution is 6.31. The highest BCUT2D eigenvalue weighted by Gasteiger charge is 2.13. The second-order valence-electron chi connectivity index (χ2n) is 2.44. The molecule has 3 N–H and O–H groups in total. The van der Waals surface area contributed by atoms with Crippen molar-refractivity contribution in [1.82, 2.24) is 0 Å². The summed E-state index contributed by atoms with van der Waals surface area (Å²) in [7, 11) is 0. The lowest BCUT2D eigenvalue weighted by molar-refractivity contribution is 0.0693. The minimum atomic E-state index is -1.31. The van der Waals surface area contributed by atoms with Gasteiger partial charge in [0.2, 0.25) is 0 Å². The number of oxime groups is 1. The molecule has 0 aliphatic carbocycles. The summed E-state index contributed by atoms with van der Waals surface area (Å²) in [5.74, 6) is -1.79. The second-order valence-corrected chi connectivity index (χ2v) is 2.88. The van der Waals surface area contributed by atoms with Crippen molar-refractivity contribution in [3.8, 4) is 5.75 Å². The van der Waals surface area contributed by atoms with E-state index in [1.807, 2.05) is 0 Å². The van der Waals surface area contributed by atoms with Crippen LogP contribution in [0.25, 0.3) is 0 Å². The SMILES string of the molecule is O=C(O)c1cc(Cl)cc(/C=N/O)c1O. The molecule has 0 atom stereocenters. The molecule has 0 fully saturated rings. The molecule has 0 aromatic heterocycles. The number of rotatable bonds is 2. The topological polar surface area (TPSA) is 90.1 Å². The molecule has 1 aromatic rings. The Morgan fingerprint density at radius 2 is 2.14 bits per heavy atom. The Bertz CT molecular complexity index is 403. The third-order valence-electron chi connectivity index (χ3n) is 1.53. The molecule has 74 valence electrons. The number of nitrogens with zero attached hydrogens (tertiary/aromatic N) is 1. The molecule has 0 aliphatic heterocycles. The van der Waals surface area contributed by atoms with Crippen molar-refractivity contribution in [3.63, 3.8) is 0 Å². The first-order chi connectivity index (χ1) is 6.56. The molecule has 1 rings (SSSR count). The van der Waals surface area contributed by atoms with Gasteiger partial charge in [0.1, 0.15) is 11.3 Å². The van der Waals surface area contributed by atoms with Crippen molar-refractivity contribution in [2.24, 2.45) is 5.16 Å². The van der Waals surface area contributed by atoms with Crippen molar-refractivity contribution in [2.75, 3.05) is 0 Å². The van der Waals surface area contributed by atoms with Gasteiger partial charge in [-0.25, -0.2) is 4.79 Å². The molecule has 0 saturated heterocycles. The van der Waals surface area contributed by atoms with Crippen molar-refractivity contribution in [2.45, 2.75) is 0 Å². The molecule has 0 spiro atoms. The first-order valence-electron chi connectivity index (χ1n) is 3.49. The van der Waals surface area contributed by atoms with Crippen LogP contribution in [-0.4, -0.2) is 27.6 Å². The summed E-state index contributed by atoms with van der Waals surface area (Å²) in [4.78, 5) is 10.6. The quantitative estimate of drug-likeness (QED) is 0.397. The van der Waals surface area contributed by atoms with E-state index in [1.54, 1.807) is 0 Å². The number of hydrogen-bond donors (Lipinski definition) is 3. The molecular formula is C8H6ClNO4. The van der Waals surface area contributed by atoms with E-state index in [1.165, 1.54) is 6.07 Å². The highest BCUT2D eigenvalue weighted by Crippen LogP contribution is 2.25. The van der Waals surface area contributed by atoms with E-state index in [9.17, 15) is 9.90 Å².